The van der Waals surface area contributed by atoms with Crippen LogP contribution in [0.3, 0.4) is 0 Å². The second-order valence-corrected chi connectivity index (χ2v) is 9.89. The Morgan fingerprint density at radius 3 is 2.74 bits per heavy atom. The molecule has 0 saturated carbocycles. The number of aromatic nitrogens is 1. The average Bonchev–Trinajstić information content (AvgIpc) is 3.57. The van der Waals surface area contributed by atoms with Crippen molar-refractivity contribution in [2.75, 3.05) is 25.0 Å². The number of hydrogen-bond acceptors (Lipinski definition) is 2. The molecule has 2 N–H and O–H groups in total. The monoisotopic (exact) mass is 455 g/mol. The number of aryl methyl sites for hydroxylation is 1. The number of likely N-dealkylation sites (tertiary alicyclic amines) is 1. The minimum atomic E-state index is -0.287. The highest BCUT2D eigenvalue weighted by Crippen LogP contribution is 2.41. The number of carbonyl (C=O) groups is 1. The van der Waals surface area contributed by atoms with Crippen molar-refractivity contribution in [1.29, 1.82) is 0 Å². The van der Waals surface area contributed by atoms with Crippen LogP contribution in [0.2, 0.25) is 0 Å². The van der Waals surface area contributed by atoms with E-state index in [-0.39, 0.29) is 11.7 Å². The molecule has 0 spiro atoms. The third kappa shape index (κ3) is 3.98. The topological polar surface area (TPSA) is 48.1 Å². The number of anilines is 1. The molecule has 174 valence electrons. The molecule has 1 atom stereocenters. The van der Waals surface area contributed by atoms with Gasteiger partial charge in [0.25, 0.3) is 5.91 Å². The van der Waals surface area contributed by atoms with E-state index in [4.69, 9.17) is 0 Å². The number of benzene rings is 2. The van der Waals surface area contributed by atoms with Gasteiger partial charge in [-0.3, -0.25) is 4.79 Å². The molecule has 6 rings (SSSR count). The molecule has 1 aromatic heterocycles. The Morgan fingerprint density at radius 2 is 1.88 bits per heavy atom. The van der Waals surface area contributed by atoms with Gasteiger partial charge in [-0.05, 0) is 99.5 Å². The molecule has 1 unspecified atom stereocenters. The Labute approximate surface area is 199 Å². The van der Waals surface area contributed by atoms with E-state index in [1.165, 1.54) is 62.6 Å². The normalized spacial score (nSPS) is 21.0. The predicted octanol–water partition coefficient (Wildman–Crippen LogP) is 5.90. The molecule has 34 heavy (non-hydrogen) atoms. The first-order valence-electron chi connectivity index (χ1n) is 12.5. The zero-order chi connectivity index (χ0) is 23.1. The fourth-order valence-electron chi connectivity index (χ4n) is 5.87. The number of H-pyrrole nitrogens is 1. The van der Waals surface area contributed by atoms with Gasteiger partial charge in [0.1, 0.15) is 5.82 Å². The first-order chi connectivity index (χ1) is 16.7. The summed E-state index contributed by atoms with van der Waals surface area (Å²) >= 11 is 0. The molecule has 4 nitrogen and oxygen atoms in total. The van der Waals surface area contributed by atoms with Crippen LogP contribution in [0.4, 0.5) is 10.1 Å². The minimum absolute atomic E-state index is 0.144. The van der Waals surface area contributed by atoms with Crippen LogP contribution in [0.25, 0.3) is 22.8 Å². The highest BCUT2D eigenvalue weighted by atomic mass is 19.1. The maximum Gasteiger partial charge on any atom is 0.256 e. The lowest BCUT2D eigenvalue weighted by Gasteiger charge is -2.24. The van der Waals surface area contributed by atoms with E-state index < -0.39 is 0 Å². The van der Waals surface area contributed by atoms with Gasteiger partial charge in [-0.25, -0.2) is 4.39 Å². The molecule has 1 fully saturated rings. The molecule has 0 radical (unpaired) electrons. The second kappa shape index (κ2) is 8.88. The standard InChI is InChI=1S/C29H30FN3O/c30-25-8-2-1-6-22(25)23-7-5-9-27-28(23)24(29(34)32-27)18-21-17-20-16-19(10-11-26(20)31-21)12-15-33-13-3-4-14-33/h1-2,5-9,17-19,31H,3-4,10-16H2,(H,32,34)/b24-18-. The van der Waals surface area contributed by atoms with E-state index >= 15 is 0 Å². The zero-order valence-corrected chi connectivity index (χ0v) is 19.4. The lowest BCUT2D eigenvalue weighted by Crippen LogP contribution is -2.24. The van der Waals surface area contributed by atoms with E-state index in [1.807, 2.05) is 30.3 Å². The highest BCUT2D eigenvalue weighted by Gasteiger charge is 2.29. The number of aromatic amines is 1. The smallest absolute Gasteiger partial charge is 0.256 e. The summed E-state index contributed by atoms with van der Waals surface area (Å²) in [4.78, 5) is 19.1. The van der Waals surface area contributed by atoms with E-state index in [1.54, 1.807) is 12.1 Å². The van der Waals surface area contributed by atoms with Gasteiger partial charge in [0.05, 0.1) is 5.57 Å². The van der Waals surface area contributed by atoms with Crippen molar-refractivity contribution >= 4 is 23.2 Å². The van der Waals surface area contributed by atoms with Gasteiger partial charge in [0, 0.05) is 28.2 Å². The van der Waals surface area contributed by atoms with Crippen molar-refractivity contribution in [3.8, 4) is 11.1 Å². The average molecular weight is 456 g/mol. The third-order valence-corrected chi connectivity index (χ3v) is 7.67. The molecular formula is C29H30FN3O. The van der Waals surface area contributed by atoms with Crippen molar-refractivity contribution in [3.05, 3.63) is 76.9 Å². The van der Waals surface area contributed by atoms with Gasteiger partial charge in [-0.1, -0.05) is 30.3 Å². The summed E-state index contributed by atoms with van der Waals surface area (Å²) in [5, 5.41) is 2.96. The summed E-state index contributed by atoms with van der Waals surface area (Å²) in [5.74, 6) is 0.298. The first-order valence-corrected chi connectivity index (χ1v) is 12.5. The molecule has 3 aromatic rings. The van der Waals surface area contributed by atoms with E-state index in [2.05, 4.69) is 21.3 Å². The number of halogens is 1. The van der Waals surface area contributed by atoms with Crippen LogP contribution in [0.1, 0.15) is 48.2 Å². The van der Waals surface area contributed by atoms with Gasteiger partial charge in [0.15, 0.2) is 0 Å². The van der Waals surface area contributed by atoms with Crippen molar-refractivity contribution < 1.29 is 9.18 Å². The Kier molecular flexibility index (Phi) is 5.58. The molecule has 0 bridgehead atoms. The molecule has 1 amide bonds. The van der Waals surface area contributed by atoms with Crippen molar-refractivity contribution in [2.24, 2.45) is 5.92 Å². The molecule has 2 aliphatic heterocycles. The summed E-state index contributed by atoms with van der Waals surface area (Å²) in [6.45, 7) is 3.74. The van der Waals surface area contributed by atoms with Crippen LogP contribution in [0, 0.1) is 11.7 Å². The third-order valence-electron chi connectivity index (χ3n) is 7.67. The number of rotatable bonds is 5. The largest absolute Gasteiger partial charge is 0.359 e. The number of hydrogen-bond donors (Lipinski definition) is 2. The fourth-order valence-corrected chi connectivity index (χ4v) is 5.87. The maximum absolute atomic E-state index is 14.6. The van der Waals surface area contributed by atoms with Gasteiger partial charge in [0.2, 0.25) is 0 Å². The number of amides is 1. The molecule has 5 heteroatoms. The minimum Gasteiger partial charge on any atom is -0.359 e. The van der Waals surface area contributed by atoms with Crippen LogP contribution in [-0.4, -0.2) is 35.4 Å². The van der Waals surface area contributed by atoms with Crippen molar-refractivity contribution in [1.82, 2.24) is 9.88 Å². The number of fused-ring (bicyclic) bond motifs is 2. The van der Waals surface area contributed by atoms with Crippen molar-refractivity contribution in [3.63, 3.8) is 0 Å². The van der Waals surface area contributed by atoms with Crippen LogP contribution in [-0.2, 0) is 17.6 Å². The zero-order valence-electron chi connectivity index (χ0n) is 19.4. The molecule has 3 heterocycles. The van der Waals surface area contributed by atoms with Crippen LogP contribution < -0.4 is 5.32 Å². The molecule has 1 aliphatic carbocycles. The Hall–Kier alpha value is -3.18. The summed E-state index contributed by atoms with van der Waals surface area (Å²) < 4.78 is 14.6. The molecule has 2 aromatic carbocycles. The Bertz CT molecular complexity index is 1270. The maximum atomic E-state index is 14.6. The van der Waals surface area contributed by atoms with Gasteiger partial charge < -0.3 is 15.2 Å². The SMILES string of the molecule is O=C1Nc2cccc(-c3ccccc3F)c2/C1=C/c1cc2c([nH]1)CCC(CCN1CCCC1)C2. The van der Waals surface area contributed by atoms with E-state index in [9.17, 15) is 9.18 Å². The van der Waals surface area contributed by atoms with Gasteiger partial charge in [-0.2, -0.15) is 0 Å². The summed E-state index contributed by atoms with van der Waals surface area (Å²) in [7, 11) is 0. The summed E-state index contributed by atoms with van der Waals surface area (Å²) in [6.07, 6.45) is 9.28. The quantitative estimate of drug-likeness (QED) is 0.470. The number of carbonyl (C=O) groups excluding carboxylic acids is 1. The van der Waals surface area contributed by atoms with Crippen LogP contribution in [0.5, 0.6) is 0 Å². The molecule has 3 aliphatic rings. The Balaban J connectivity index is 1.28. The Morgan fingerprint density at radius 1 is 1.06 bits per heavy atom. The van der Waals surface area contributed by atoms with Gasteiger partial charge >= 0.3 is 0 Å². The van der Waals surface area contributed by atoms with Crippen molar-refractivity contribution in [2.45, 2.75) is 38.5 Å². The van der Waals surface area contributed by atoms with E-state index in [0.717, 1.165) is 41.3 Å². The number of nitrogens with one attached hydrogen (secondary N) is 2. The molecule has 1 saturated heterocycles. The second-order valence-electron chi connectivity index (χ2n) is 9.89. The summed E-state index contributed by atoms with van der Waals surface area (Å²) in [5.41, 5.74) is 6.95. The fraction of sp³-hybridized carbons (Fsp3) is 0.345. The highest BCUT2D eigenvalue weighted by molar-refractivity contribution is 6.36. The molecular weight excluding hydrogens is 425 g/mol. The lowest BCUT2D eigenvalue weighted by molar-refractivity contribution is -0.110. The van der Waals surface area contributed by atoms with Crippen LogP contribution >= 0.6 is 0 Å². The lowest BCUT2D eigenvalue weighted by atomic mass is 9.85. The predicted molar refractivity (Wildman–Crippen MR) is 135 cm³/mol. The van der Waals surface area contributed by atoms with Gasteiger partial charge in [-0.15, -0.1) is 0 Å². The van der Waals surface area contributed by atoms with Crippen LogP contribution in [0.15, 0.2) is 48.5 Å². The summed E-state index contributed by atoms with van der Waals surface area (Å²) in [6, 6.07) is 14.6. The number of nitrogens with zero attached hydrogens (tertiary/aromatic N) is 1. The first kappa shape index (κ1) is 21.4. The van der Waals surface area contributed by atoms with E-state index in [0.29, 0.717) is 11.1 Å².